The lowest BCUT2D eigenvalue weighted by atomic mass is 10.1. The van der Waals surface area contributed by atoms with Crippen LogP contribution >= 0.6 is 11.8 Å². The van der Waals surface area contributed by atoms with Crippen LogP contribution in [0.25, 0.3) is 0 Å². The van der Waals surface area contributed by atoms with Crippen LogP contribution in [0.4, 0.5) is 6.01 Å². The standard InChI is InChI=1S/C17H15N3O2S/c1-12-7-9-13(10-8-12)16(21)18-17-20-19-15(22-17)11-23-14-5-3-2-4-6-14/h2-10H,11H2,1H3,(H,18,20,21). The Morgan fingerprint density at radius 1 is 1.09 bits per heavy atom. The summed E-state index contributed by atoms with van der Waals surface area (Å²) in [6.45, 7) is 1.97. The Kier molecular flexibility index (Phi) is 4.73. The zero-order chi connectivity index (χ0) is 16.1. The molecule has 3 rings (SSSR count). The van der Waals surface area contributed by atoms with Gasteiger partial charge in [-0.3, -0.25) is 10.1 Å². The van der Waals surface area contributed by atoms with Crippen molar-refractivity contribution in [3.8, 4) is 0 Å². The molecule has 0 fully saturated rings. The average Bonchev–Trinajstić information content (AvgIpc) is 3.02. The molecule has 23 heavy (non-hydrogen) atoms. The van der Waals surface area contributed by atoms with Crippen LogP contribution in [0.3, 0.4) is 0 Å². The highest BCUT2D eigenvalue weighted by molar-refractivity contribution is 7.98. The number of aryl methyl sites for hydroxylation is 1. The van der Waals surface area contributed by atoms with Crippen LogP contribution in [0.5, 0.6) is 0 Å². The lowest BCUT2D eigenvalue weighted by Crippen LogP contribution is -2.11. The van der Waals surface area contributed by atoms with E-state index >= 15 is 0 Å². The maximum Gasteiger partial charge on any atom is 0.322 e. The molecule has 0 aliphatic rings. The summed E-state index contributed by atoms with van der Waals surface area (Å²) < 4.78 is 5.45. The minimum absolute atomic E-state index is 0.110. The van der Waals surface area contributed by atoms with Gasteiger partial charge in [-0.25, -0.2) is 0 Å². The van der Waals surface area contributed by atoms with Crippen LogP contribution in [0.2, 0.25) is 0 Å². The third-order valence-electron chi connectivity index (χ3n) is 3.11. The van der Waals surface area contributed by atoms with E-state index in [1.165, 1.54) is 0 Å². The van der Waals surface area contributed by atoms with Gasteiger partial charge in [-0.2, -0.15) is 0 Å². The molecular weight excluding hydrogens is 310 g/mol. The third kappa shape index (κ3) is 4.20. The van der Waals surface area contributed by atoms with E-state index in [9.17, 15) is 4.79 Å². The Hall–Kier alpha value is -2.60. The molecule has 0 unspecified atom stereocenters. The molecule has 0 bridgehead atoms. The molecule has 3 aromatic rings. The predicted octanol–water partition coefficient (Wildman–Crippen LogP) is 3.92. The Morgan fingerprint density at radius 3 is 2.57 bits per heavy atom. The molecule has 0 saturated heterocycles. The predicted molar refractivity (Wildman–Crippen MR) is 89.4 cm³/mol. The normalized spacial score (nSPS) is 10.5. The molecule has 1 N–H and O–H groups in total. The minimum atomic E-state index is -0.268. The number of hydrogen-bond acceptors (Lipinski definition) is 5. The van der Waals surface area contributed by atoms with Gasteiger partial charge in [0.1, 0.15) is 0 Å². The Labute approximate surface area is 138 Å². The largest absolute Gasteiger partial charge is 0.407 e. The van der Waals surface area contributed by atoms with Gasteiger partial charge < -0.3 is 4.42 Å². The molecular formula is C17H15N3O2S. The van der Waals surface area contributed by atoms with Gasteiger partial charge in [0, 0.05) is 10.5 Å². The topological polar surface area (TPSA) is 68.0 Å². The Morgan fingerprint density at radius 2 is 1.83 bits per heavy atom. The smallest absolute Gasteiger partial charge is 0.322 e. The molecule has 1 heterocycles. The number of thioether (sulfide) groups is 1. The Balaban J connectivity index is 1.58. The van der Waals surface area contributed by atoms with Crippen molar-refractivity contribution in [3.05, 3.63) is 71.6 Å². The number of rotatable bonds is 5. The number of aromatic nitrogens is 2. The van der Waals surface area contributed by atoms with Crippen molar-refractivity contribution in [2.45, 2.75) is 17.6 Å². The molecule has 2 aromatic carbocycles. The molecule has 0 saturated carbocycles. The summed E-state index contributed by atoms with van der Waals surface area (Å²) in [6.07, 6.45) is 0. The van der Waals surface area contributed by atoms with Crippen LogP contribution in [-0.2, 0) is 5.75 Å². The summed E-state index contributed by atoms with van der Waals surface area (Å²) >= 11 is 1.59. The fraction of sp³-hybridized carbons (Fsp3) is 0.118. The Bertz CT molecular complexity index is 785. The highest BCUT2D eigenvalue weighted by atomic mass is 32.2. The summed E-state index contributed by atoms with van der Waals surface area (Å²) in [4.78, 5) is 13.2. The fourth-order valence-corrected chi connectivity index (χ4v) is 2.65. The van der Waals surface area contributed by atoms with E-state index < -0.39 is 0 Å². The molecule has 0 spiro atoms. The van der Waals surface area contributed by atoms with Gasteiger partial charge in [0.2, 0.25) is 5.89 Å². The van der Waals surface area contributed by atoms with Crippen molar-refractivity contribution in [1.82, 2.24) is 10.2 Å². The van der Waals surface area contributed by atoms with Gasteiger partial charge in [-0.15, -0.1) is 16.9 Å². The van der Waals surface area contributed by atoms with Crippen molar-refractivity contribution < 1.29 is 9.21 Å². The van der Waals surface area contributed by atoms with Crippen LogP contribution in [0.1, 0.15) is 21.8 Å². The lowest BCUT2D eigenvalue weighted by Gasteiger charge is -2.01. The second kappa shape index (κ2) is 7.11. The summed E-state index contributed by atoms with van der Waals surface area (Å²) in [5, 5.41) is 10.4. The third-order valence-corrected chi connectivity index (χ3v) is 4.10. The van der Waals surface area contributed by atoms with Crippen molar-refractivity contribution in [2.75, 3.05) is 5.32 Å². The first kappa shape index (κ1) is 15.3. The van der Waals surface area contributed by atoms with E-state index in [1.54, 1.807) is 23.9 Å². The fourth-order valence-electron chi connectivity index (χ4n) is 1.90. The van der Waals surface area contributed by atoms with E-state index in [1.807, 2.05) is 49.4 Å². The van der Waals surface area contributed by atoms with Crippen LogP contribution in [0.15, 0.2) is 63.9 Å². The zero-order valence-corrected chi connectivity index (χ0v) is 13.3. The quantitative estimate of drug-likeness (QED) is 0.720. The van der Waals surface area contributed by atoms with Crippen molar-refractivity contribution in [1.29, 1.82) is 0 Å². The van der Waals surface area contributed by atoms with Crippen molar-refractivity contribution in [2.24, 2.45) is 0 Å². The molecule has 6 heteroatoms. The van der Waals surface area contributed by atoms with E-state index in [4.69, 9.17) is 4.42 Å². The second-order valence-electron chi connectivity index (χ2n) is 4.92. The minimum Gasteiger partial charge on any atom is -0.407 e. The van der Waals surface area contributed by atoms with Crippen LogP contribution in [-0.4, -0.2) is 16.1 Å². The molecule has 0 atom stereocenters. The first-order valence-electron chi connectivity index (χ1n) is 7.09. The van der Waals surface area contributed by atoms with Crippen molar-refractivity contribution >= 4 is 23.7 Å². The number of benzene rings is 2. The molecule has 1 aromatic heterocycles. The monoisotopic (exact) mass is 325 g/mol. The molecule has 116 valence electrons. The van der Waals surface area contributed by atoms with Gasteiger partial charge in [0.05, 0.1) is 5.75 Å². The first-order valence-corrected chi connectivity index (χ1v) is 8.07. The number of amides is 1. The maximum atomic E-state index is 12.1. The highest BCUT2D eigenvalue weighted by Crippen LogP contribution is 2.22. The first-order chi connectivity index (χ1) is 11.2. The molecule has 0 radical (unpaired) electrons. The number of anilines is 1. The summed E-state index contributed by atoms with van der Waals surface area (Å²) in [5.41, 5.74) is 1.65. The van der Waals surface area contributed by atoms with Crippen molar-refractivity contribution in [3.63, 3.8) is 0 Å². The lowest BCUT2D eigenvalue weighted by molar-refractivity contribution is 0.102. The summed E-state index contributed by atoms with van der Waals surface area (Å²) in [6, 6.07) is 17.3. The van der Waals surface area contributed by atoms with Gasteiger partial charge in [0.15, 0.2) is 0 Å². The van der Waals surface area contributed by atoms with E-state index in [0.717, 1.165) is 10.5 Å². The SMILES string of the molecule is Cc1ccc(C(=O)Nc2nnc(CSc3ccccc3)o2)cc1. The molecule has 0 aliphatic carbocycles. The number of hydrogen-bond donors (Lipinski definition) is 1. The number of nitrogens with zero attached hydrogens (tertiary/aromatic N) is 2. The van der Waals surface area contributed by atoms with E-state index in [0.29, 0.717) is 17.2 Å². The maximum absolute atomic E-state index is 12.1. The second-order valence-corrected chi connectivity index (χ2v) is 5.97. The van der Waals surface area contributed by atoms with Gasteiger partial charge in [0.25, 0.3) is 5.91 Å². The summed E-state index contributed by atoms with van der Waals surface area (Å²) in [7, 11) is 0. The molecule has 1 amide bonds. The van der Waals surface area contributed by atoms with Gasteiger partial charge in [-0.1, -0.05) is 41.0 Å². The summed E-state index contributed by atoms with van der Waals surface area (Å²) in [5.74, 6) is 0.756. The number of carbonyl (C=O) groups excluding carboxylic acids is 1. The zero-order valence-electron chi connectivity index (χ0n) is 12.5. The van der Waals surface area contributed by atoms with Gasteiger partial charge >= 0.3 is 6.01 Å². The van der Waals surface area contributed by atoms with Crippen LogP contribution < -0.4 is 5.32 Å². The average molecular weight is 325 g/mol. The van der Waals surface area contributed by atoms with E-state index in [2.05, 4.69) is 15.5 Å². The van der Waals surface area contributed by atoms with Crippen LogP contribution in [0, 0.1) is 6.92 Å². The number of nitrogens with one attached hydrogen (secondary N) is 1. The molecule has 0 aliphatic heterocycles. The number of carbonyl (C=O) groups is 1. The highest BCUT2D eigenvalue weighted by Gasteiger charge is 2.11. The van der Waals surface area contributed by atoms with Gasteiger partial charge in [-0.05, 0) is 31.2 Å². The molecule has 5 nitrogen and oxygen atoms in total. The van der Waals surface area contributed by atoms with E-state index in [-0.39, 0.29) is 11.9 Å².